The van der Waals surface area contributed by atoms with Crippen LogP contribution in [-0.4, -0.2) is 31.0 Å². The summed E-state index contributed by atoms with van der Waals surface area (Å²) in [6.45, 7) is 4.01. The number of fused-ring (bicyclic) bond motifs is 1. The summed E-state index contributed by atoms with van der Waals surface area (Å²) in [5.74, 6) is 0.695. The number of nitrogens with zero attached hydrogens (tertiary/aromatic N) is 4. The van der Waals surface area contributed by atoms with Gasteiger partial charge in [-0.3, -0.25) is 14.2 Å². The first kappa shape index (κ1) is 22.4. The van der Waals surface area contributed by atoms with Gasteiger partial charge >= 0.3 is 0 Å². The number of thioether (sulfide) groups is 1. The SMILES string of the molecule is Cc1cc(C)cc(-n2c(SCC(=O)Nc3ccnn3C3CCCC3)nc3ccccc3c2=O)c1. The van der Waals surface area contributed by atoms with Gasteiger partial charge in [-0.2, -0.15) is 5.10 Å². The van der Waals surface area contributed by atoms with Crippen molar-refractivity contribution in [3.05, 3.63) is 76.2 Å². The number of amides is 1. The number of benzene rings is 2. The Morgan fingerprint density at radius 3 is 2.59 bits per heavy atom. The highest BCUT2D eigenvalue weighted by Crippen LogP contribution is 2.31. The molecule has 7 nitrogen and oxygen atoms in total. The number of para-hydroxylation sites is 1. The highest BCUT2D eigenvalue weighted by Gasteiger charge is 2.21. The van der Waals surface area contributed by atoms with Gasteiger partial charge in [0.15, 0.2) is 5.16 Å². The summed E-state index contributed by atoms with van der Waals surface area (Å²) >= 11 is 1.26. The number of aromatic nitrogens is 4. The molecule has 0 aliphatic heterocycles. The van der Waals surface area contributed by atoms with E-state index in [4.69, 9.17) is 4.98 Å². The molecular weight excluding hydrogens is 446 g/mol. The Bertz CT molecular complexity index is 1400. The molecule has 0 spiro atoms. The lowest BCUT2D eigenvalue weighted by atomic mass is 10.1. The molecule has 1 N–H and O–H groups in total. The summed E-state index contributed by atoms with van der Waals surface area (Å²) < 4.78 is 3.54. The molecule has 0 radical (unpaired) electrons. The first-order chi connectivity index (χ1) is 16.5. The second-order valence-corrected chi connectivity index (χ2v) is 9.78. The number of anilines is 1. The molecule has 0 saturated heterocycles. The molecule has 1 fully saturated rings. The molecule has 2 heterocycles. The Labute approximate surface area is 202 Å². The minimum Gasteiger partial charge on any atom is -0.310 e. The number of hydrogen-bond acceptors (Lipinski definition) is 5. The third kappa shape index (κ3) is 4.50. The molecule has 5 rings (SSSR count). The Kier molecular flexibility index (Phi) is 6.24. The molecule has 2 aromatic heterocycles. The lowest BCUT2D eigenvalue weighted by molar-refractivity contribution is -0.113. The van der Waals surface area contributed by atoms with Crippen molar-refractivity contribution < 1.29 is 4.79 Å². The van der Waals surface area contributed by atoms with Crippen LogP contribution in [-0.2, 0) is 4.79 Å². The zero-order chi connectivity index (χ0) is 23.7. The van der Waals surface area contributed by atoms with E-state index in [2.05, 4.69) is 16.5 Å². The molecule has 0 atom stereocenters. The summed E-state index contributed by atoms with van der Waals surface area (Å²) in [7, 11) is 0. The monoisotopic (exact) mass is 473 g/mol. The van der Waals surface area contributed by atoms with Crippen LogP contribution in [0.5, 0.6) is 0 Å². The summed E-state index contributed by atoms with van der Waals surface area (Å²) in [6.07, 6.45) is 6.28. The van der Waals surface area contributed by atoms with Gasteiger partial charge in [0.1, 0.15) is 5.82 Å². The van der Waals surface area contributed by atoms with Gasteiger partial charge in [0.25, 0.3) is 5.56 Å². The van der Waals surface area contributed by atoms with Gasteiger partial charge in [0.05, 0.1) is 34.6 Å². The number of nitrogens with one attached hydrogen (secondary N) is 1. The molecular formula is C26H27N5O2S. The average molecular weight is 474 g/mol. The minimum absolute atomic E-state index is 0.130. The van der Waals surface area contributed by atoms with E-state index < -0.39 is 0 Å². The molecule has 0 bridgehead atoms. The molecule has 1 aliphatic carbocycles. The van der Waals surface area contributed by atoms with Crippen LogP contribution in [0.1, 0.15) is 42.9 Å². The van der Waals surface area contributed by atoms with Crippen molar-refractivity contribution in [2.75, 3.05) is 11.1 Å². The zero-order valence-corrected chi connectivity index (χ0v) is 20.1. The molecule has 34 heavy (non-hydrogen) atoms. The van der Waals surface area contributed by atoms with Crippen LogP contribution in [0.15, 0.2) is 64.7 Å². The maximum atomic E-state index is 13.5. The predicted octanol–water partition coefficient (Wildman–Crippen LogP) is 5.04. The van der Waals surface area contributed by atoms with Crippen LogP contribution in [0, 0.1) is 13.8 Å². The van der Waals surface area contributed by atoms with Gasteiger partial charge in [-0.05, 0) is 62.1 Å². The van der Waals surface area contributed by atoms with Gasteiger partial charge in [-0.15, -0.1) is 0 Å². The minimum atomic E-state index is -0.154. The van der Waals surface area contributed by atoms with Crippen molar-refractivity contribution in [3.8, 4) is 5.69 Å². The summed E-state index contributed by atoms with van der Waals surface area (Å²) in [4.78, 5) is 31.1. The summed E-state index contributed by atoms with van der Waals surface area (Å²) in [5.41, 5.74) is 3.35. The molecule has 1 aliphatic rings. The van der Waals surface area contributed by atoms with Crippen LogP contribution >= 0.6 is 11.8 Å². The van der Waals surface area contributed by atoms with E-state index >= 15 is 0 Å². The fourth-order valence-electron chi connectivity index (χ4n) is 4.68. The normalized spacial score (nSPS) is 14.1. The van der Waals surface area contributed by atoms with Crippen molar-refractivity contribution in [2.24, 2.45) is 0 Å². The lowest BCUT2D eigenvalue weighted by Gasteiger charge is -2.16. The molecule has 2 aromatic carbocycles. The van der Waals surface area contributed by atoms with Crippen molar-refractivity contribution in [1.82, 2.24) is 19.3 Å². The standard InChI is InChI=1S/C26H27N5O2S/c1-17-13-18(2)15-20(14-17)30-25(33)21-9-5-6-10-22(21)28-26(30)34-16-24(32)29-23-11-12-27-31(23)19-7-3-4-8-19/h5-6,9-15,19H,3-4,7-8,16H2,1-2H3,(H,29,32). The Balaban J connectivity index is 1.44. The number of carbonyl (C=O) groups is 1. The highest BCUT2D eigenvalue weighted by atomic mass is 32.2. The van der Waals surface area contributed by atoms with Gasteiger partial charge in [-0.1, -0.05) is 42.8 Å². The Morgan fingerprint density at radius 2 is 1.82 bits per heavy atom. The van der Waals surface area contributed by atoms with E-state index in [1.54, 1.807) is 16.8 Å². The first-order valence-electron chi connectivity index (χ1n) is 11.6. The van der Waals surface area contributed by atoms with Crippen LogP contribution in [0.3, 0.4) is 0 Å². The van der Waals surface area contributed by atoms with E-state index in [0.29, 0.717) is 22.1 Å². The fourth-order valence-corrected chi connectivity index (χ4v) is 5.49. The maximum Gasteiger partial charge on any atom is 0.266 e. The second kappa shape index (κ2) is 9.46. The number of carbonyl (C=O) groups excluding carboxylic acids is 1. The molecule has 1 amide bonds. The van der Waals surface area contributed by atoms with Gasteiger partial charge in [-0.25, -0.2) is 9.67 Å². The van der Waals surface area contributed by atoms with Gasteiger partial charge in [0, 0.05) is 6.07 Å². The highest BCUT2D eigenvalue weighted by molar-refractivity contribution is 7.99. The smallest absolute Gasteiger partial charge is 0.266 e. The second-order valence-electron chi connectivity index (χ2n) is 8.83. The van der Waals surface area contributed by atoms with Crippen molar-refractivity contribution in [3.63, 3.8) is 0 Å². The third-order valence-electron chi connectivity index (χ3n) is 6.15. The van der Waals surface area contributed by atoms with Crippen LogP contribution in [0.25, 0.3) is 16.6 Å². The zero-order valence-electron chi connectivity index (χ0n) is 19.3. The van der Waals surface area contributed by atoms with Crippen molar-refractivity contribution in [1.29, 1.82) is 0 Å². The number of rotatable bonds is 6. The topological polar surface area (TPSA) is 81.8 Å². The third-order valence-corrected chi connectivity index (χ3v) is 7.09. The summed E-state index contributed by atoms with van der Waals surface area (Å²) in [6, 6.07) is 15.5. The molecule has 4 aromatic rings. The largest absolute Gasteiger partial charge is 0.310 e. The van der Waals surface area contributed by atoms with Crippen LogP contribution in [0.2, 0.25) is 0 Å². The number of hydrogen-bond donors (Lipinski definition) is 1. The average Bonchev–Trinajstić information content (AvgIpc) is 3.49. The maximum absolute atomic E-state index is 13.5. The lowest BCUT2D eigenvalue weighted by Crippen LogP contribution is -2.23. The van der Waals surface area contributed by atoms with Crippen LogP contribution < -0.4 is 10.9 Å². The Morgan fingerprint density at radius 1 is 1.09 bits per heavy atom. The first-order valence-corrected chi connectivity index (χ1v) is 12.5. The van der Waals surface area contributed by atoms with Gasteiger partial charge < -0.3 is 5.32 Å². The molecule has 0 unspecified atom stereocenters. The Hall–Kier alpha value is -3.39. The number of aryl methyl sites for hydroxylation is 2. The summed E-state index contributed by atoms with van der Waals surface area (Å²) in [5, 5.41) is 8.46. The molecule has 8 heteroatoms. The van der Waals surface area contributed by atoms with Crippen LogP contribution in [0.4, 0.5) is 5.82 Å². The quantitative estimate of drug-likeness (QED) is 0.313. The molecule has 174 valence electrons. The van der Waals surface area contributed by atoms with Crippen molar-refractivity contribution >= 4 is 34.4 Å². The van der Waals surface area contributed by atoms with E-state index in [0.717, 1.165) is 35.5 Å². The van der Waals surface area contributed by atoms with E-state index in [9.17, 15) is 9.59 Å². The van der Waals surface area contributed by atoms with E-state index in [1.807, 2.05) is 54.9 Å². The van der Waals surface area contributed by atoms with E-state index in [-0.39, 0.29) is 17.2 Å². The molecule has 1 saturated carbocycles. The van der Waals surface area contributed by atoms with E-state index in [1.165, 1.54) is 24.6 Å². The van der Waals surface area contributed by atoms with Crippen molar-refractivity contribution in [2.45, 2.75) is 50.7 Å². The fraction of sp³-hybridized carbons (Fsp3) is 0.308. The van der Waals surface area contributed by atoms with Gasteiger partial charge in [0.2, 0.25) is 5.91 Å². The predicted molar refractivity (Wildman–Crippen MR) is 136 cm³/mol.